The van der Waals surface area contributed by atoms with Crippen molar-refractivity contribution >= 4 is 33.9 Å². The predicted molar refractivity (Wildman–Crippen MR) is 128 cm³/mol. The number of hydrogen-bond donors (Lipinski definition) is 2. The number of ether oxygens (including phenoxy) is 2. The quantitative estimate of drug-likeness (QED) is 0.559. The van der Waals surface area contributed by atoms with Crippen LogP contribution in [0.15, 0.2) is 28.7 Å². The molecule has 0 aliphatic carbocycles. The summed E-state index contributed by atoms with van der Waals surface area (Å²) in [4.78, 5) is 47.7. The van der Waals surface area contributed by atoms with E-state index in [1.165, 1.54) is 7.11 Å². The van der Waals surface area contributed by atoms with Crippen LogP contribution >= 0.6 is 15.9 Å². The van der Waals surface area contributed by atoms with Crippen molar-refractivity contribution in [1.82, 2.24) is 20.2 Å². The van der Waals surface area contributed by atoms with Crippen LogP contribution in [0, 0.1) is 0 Å². The summed E-state index contributed by atoms with van der Waals surface area (Å²) in [7, 11) is 1.28. The number of nitrogens with zero attached hydrogens (tertiary/aromatic N) is 2. The number of aromatic nitrogens is 2. The lowest BCUT2D eigenvalue weighted by molar-refractivity contribution is -0.145. The fourth-order valence-corrected chi connectivity index (χ4v) is 4.80. The van der Waals surface area contributed by atoms with E-state index in [4.69, 9.17) is 14.5 Å². The Morgan fingerprint density at radius 3 is 2.74 bits per heavy atom. The molecule has 34 heavy (non-hydrogen) atoms. The van der Waals surface area contributed by atoms with Crippen molar-refractivity contribution in [1.29, 1.82) is 0 Å². The molecule has 2 N–H and O–H groups in total. The van der Waals surface area contributed by atoms with E-state index in [0.717, 1.165) is 29.3 Å². The molecule has 10 heteroatoms. The highest BCUT2D eigenvalue weighted by atomic mass is 79.9. The van der Waals surface area contributed by atoms with Gasteiger partial charge in [0.1, 0.15) is 18.5 Å². The maximum absolute atomic E-state index is 13.5. The molecule has 2 atom stereocenters. The molecule has 1 saturated heterocycles. The maximum Gasteiger partial charge on any atom is 0.407 e. The first-order chi connectivity index (χ1) is 16.5. The largest absolute Gasteiger partial charge is 0.459 e. The molecule has 2 aliphatic rings. The number of imidazole rings is 1. The van der Waals surface area contributed by atoms with Crippen LogP contribution in [0.3, 0.4) is 0 Å². The van der Waals surface area contributed by atoms with Gasteiger partial charge in [0.2, 0.25) is 5.91 Å². The monoisotopic (exact) mass is 532 g/mol. The summed E-state index contributed by atoms with van der Waals surface area (Å²) < 4.78 is 11.2. The Morgan fingerprint density at radius 2 is 1.97 bits per heavy atom. The number of fused-ring (bicyclic) bond motifs is 4. The number of benzene rings is 1. The number of methoxy groups -OCH3 is 1. The second-order valence-corrected chi connectivity index (χ2v) is 9.51. The molecule has 0 spiro atoms. The third kappa shape index (κ3) is 5.60. The number of hydrogen-bond acceptors (Lipinski definition) is 6. The zero-order chi connectivity index (χ0) is 24.1. The fraction of sp³-hybridized carbons (Fsp3) is 0.500. The molecule has 1 fully saturated rings. The molecule has 4 rings (SSSR count). The first-order valence-electron chi connectivity index (χ1n) is 11.6. The van der Waals surface area contributed by atoms with Crippen molar-refractivity contribution < 1.29 is 23.9 Å². The Morgan fingerprint density at radius 1 is 1.18 bits per heavy atom. The van der Waals surface area contributed by atoms with Crippen LogP contribution in [-0.2, 0) is 25.7 Å². The van der Waals surface area contributed by atoms with Crippen molar-refractivity contribution in [3.8, 4) is 11.3 Å². The zero-order valence-corrected chi connectivity index (χ0v) is 20.7. The summed E-state index contributed by atoms with van der Waals surface area (Å²) in [6.45, 7) is 0.673. The number of amides is 2. The minimum atomic E-state index is -0.689. The molecule has 9 nitrogen and oxygen atoms in total. The van der Waals surface area contributed by atoms with Crippen molar-refractivity contribution in [3.05, 3.63) is 40.3 Å². The number of halogens is 1. The van der Waals surface area contributed by atoms with Crippen LogP contribution in [0.25, 0.3) is 11.3 Å². The molecular weight excluding hydrogens is 504 g/mol. The summed E-state index contributed by atoms with van der Waals surface area (Å²) in [6, 6.07) is 6.81. The molecule has 2 aromatic rings. The van der Waals surface area contributed by atoms with Gasteiger partial charge in [-0.25, -0.2) is 9.78 Å². The molecule has 2 bridgehead atoms. The van der Waals surface area contributed by atoms with Gasteiger partial charge in [-0.05, 0) is 37.8 Å². The molecule has 0 radical (unpaired) electrons. The molecule has 2 amide bonds. The number of carbonyl (C=O) groups excluding carboxylic acids is 3. The minimum absolute atomic E-state index is 0.0877. The van der Waals surface area contributed by atoms with Crippen molar-refractivity contribution in [3.63, 3.8) is 0 Å². The molecule has 182 valence electrons. The normalized spacial score (nSPS) is 21.8. The van der Waals surface area contributed by atoms with E-state index >= 15 is 0 Å². The molecule has 1 aromatic heterocycles. The zero-order valence-electron chi connectivity index (χ0n) is 19.1. The number of alkyl carbamates (subject to hydrolysis) is 1. The average molecular weight is 533 g/mol. The number of nitrogens with one attached hydrogen (secondary N) is 2. The molecule has 1 aromatic carbocycles. The van der Waals surface area contributed by atoms with Crippen molar-refractivity contribution in [2.24, 2.45) is 0 Å². The minimum Gasteiger partial charge on any atom is -0.459 e. The van der Waals surface area contributed by atoms with Gasteiger partial charge in [0.25, 0.3) is 0 Å². The van der Waals surface area contributed by atoms with E-state index in [9.17, 15) is 14.4 Å². The van der Waals surface area contributed by atoms with E-state index in [-0.39, 0.29) is 24.5 Å². The Labute approximate surface area is 206 Å². The van der Waals surface area contributed by atoms with Gasteiger partial charge in [0, 0.05) is 23.0 Å². The van der Waals surface area contributed by atoms with E-state index < -0.39 is 12.1 Å². The molecule has 0 saturated carbocycles. The summed E-state index contributed by atoms with van der Waals surface area (Å²) in [5.41, 5.74) is 2.29. The number of cyclic esters (lactones) is 1. The first-order valence-corrected chi connectivity index (χ1v) is 12.4. The van der Waals surface area contributed by atoms with Gasteiger partial charge >= 0.3 is 12.1 Å². The fourth-order valence-electron chi connectivity index (χ4n) is 4.53. The molecule has 2 aliphatic heterocycles. The lowest BCUT2D eigenvalue weighted by Crippen LogP contribution is -2.48. The first kappa shape index (κ1) is 24.3. The van der Waals surface area contributed by atoms with Gasteiger partial charge in [0.05, 0.1) is 24.5 Å². The highest BCUT2D eigenvalue weighted by Gasteiger charge is 2.36. The number of rotatable bonds is 2. The van der Waals surface area contributed by atoms with Gasteiger partial charge in [-0.2, -0.15) is 0 Å². The molecule has 2 unspecified atom stereocenters. The van der Waals surface area contributed by atoms with Crippen molar-refractivity contribution in [2.75, 3.05) is 13.7 Å². The topological polar surface area (TPSA) is 114 Å². The summed E-state index contributed by atoms with van der Waals surface area (Å²) >= 11 is 3.45. The second kappa shape index (κ2) is 11.0. The number of carbonyl (C=O) groups is 3. The maximum atomic E-state index is 13.5. The van der Waals surface area contributed by atoms with Crippen LogP contribution in [0.5, 0.6) is 0 Å². The Balaban J connectivity index is 1.69. The van der Waals surface area contributed by atoms with Crippen LogP contribution < -0.4 is 5.32 Å². The Bertz CT molecular complexity index is 1040. The average Bonchev–Trinajstić information content (AvgIpc) is 3.48. The third-order valence-corrected chi connectivity index (χ3v) is 6.82. The van der Waals surface area contributed by atoms with Crippen LogP contribution in [-0.4, -0.2) is 52.5 Å². The standard InChI is InChI=1S/C24H29BrN4O5/c1-33-24(32)27-17-6-3-2-4-8-20(30)34-14-18-21(15-9-11-16(25)12-10-15)28-22(26-18)19-7-5-13-29(19)23(17)31/h9-12,17,19H,2-8,13-14H2,1H3,(H,26,28)(H,27,32). The summed E-state index contributed by atoms with van der Waals surface area (Å²) in [6.07, 6.45) is 3.83. The van der Waals surface area contributed by atoms with Crippen molar-refractivity contribution in [2.45, 2.75) is 63.6 Å². The number of aromatic amines is 1. The lowest BCUT2D eigenvalue weighted by atomic mass is 10.1. The second-order valence-electron chi connectivity index (χ2n) is 8.59. The van der Waals surface area contributed by atoms with Gasteiger partial charge in [-0.3, -0.25) is 9.59 Å². The highest BCUT2D eigenvalue weighted by molar-refractivity contribution is 9.10. The summed E-state index contributed by atoms with van der Waals surface area (Å²) in [5, 5.41) is 2.70. The lowest BCUT2D eigenvalue weighted by Gasteiger charge is -2.28. The van der Waals surface area contributed by atoms with Crippen LogP contribution in [0.1, 0.15) is 62.5 Å². The Hall–Kier alpha value is -2.88. The van der Waals surface area contributed by atoms with Gasteiger partial charge in [-0.15, -0.1) is 0 Å². The summed E-state index contributed by atoms with van der Waals surface area (Å²) in [5.74, 6) is 0.246. The highest BCUT2D eigenvalue weighted by Crippen LogP contribution is 2.34. The van der Waals surface area contributed by atoms with Gasteiger partial charge in [-0.1, -0.05) is 40.9 Å². The Kier molecular flexibility index (Phi) is 7.87. The van der Waals surface area contributed by atoms with Crippen LogP contribution in [0.2, 0.25) is 0 Å². The van der Waals surface area contributed by atoms with E-state index in [1.54, 1.807) is 4.90 Å². The van der Waals surface area contributed by atoms with Gasteiger partial charge < -0.3 is 24.7 Å². The van der Waals surface area contributed by atoms with Crippen LogP contribution in [0.4, 0.5) is 4.79 Å². The predicted octanol–water partition coefficient (Wildman–Crippen LogP) is 4.23. The number of H-pyrrole nitrogens is 1. The smallest absolute Gasteiger partial charge is 0.407 e. The third-order valence-electron chi connectivity index (χ3n) is 6.29. The van der Waals surface area contributed by atoms with E-state index in [2.05, 4.69) is 26.2 Å². The van der Waals surface area contributed by atoms with E-state index in [1.807, 2.05) is 24.3 Å². The SMILES string of the molecule is COC(=O)NC1CCCCCC(=O)OCc2[nH]c(nc2-c2ccc(Br)cc2)C2CCCN2C1=O. The van der Waals surface area contributed by atoms with Gasteiger partial charge in [0.15, 0.2) is 0 Å². The number of esters is 1. The van der Waals surface area contributed by atoms with E-state index in [0.29, 0.717) is 49.4 Å². The molecule has 3 heterocycles. The molecular formula is C24H29BrN4O5.